The normalized spacial score (nSPS) is 14.2. The molecule has 1 aliphatic heterocycles. The van der Waals surface area contributed by atoms with Gasteiger partial charge < -0.3 is 4.74 Å². The van der Waals surface area contributed by atoms with Gasteiger partial charge in [0.1, 0.15) is 0 Å². The number of amides is 1. The van der Waals surface area contributed by atoms with Crippen molar-refractivity contribution in [1.82, 2.24) is 5.32 Å². The molecule has 1 aromatic carbocycles. The zero-order valence-electron chi connectivity index (χ0n) is 29.8. The minimum Gasteiger partial charge on any atom is -0.388 e. The number of allylic oxidation sites excluding steroid dienone is 10. The molecule has 1 heterocycles. The first-order chi connectivity index (χ1) is 20.8. The summed E-state index contributed by atoms with van der Waals surface area (Å²) in [4.78, 5) is 23.3. The van der Waals surface area contributed by atoms with Gasteiger partial charge in [-0.25, -0.2) is 0 Å². The van der Waals surface area contributed by atoms with Crippen molar-refractivity contribution in [1.29, 1.82) is 0 Å². The topological polar surface area (TPSA) is 64.6 Å². The Morgan fingerprint density at radius 2 is 1.55 bits per heavy atom. The molecular formula is C38H61AlNO4+. The fraction of sp³-hybridized carbons (Fsp3) is 0.474. The van der Waals surface area contributed by atoms with Crippen molar-refractivity contribution in [2.45, 2.75) is 99.0 Å². The third-order valence-electron chi connectivity index (χ3n) is 4.97. The number of rotatable bonds is 8. The summed E-state index contributed by atoms with van der Waals surface area (Å²) >= 11 is 0.257. The molecule has 0 saturated heterocycles. The van der Waals surface area contributed by atoms with E-state index >= 15 is 0 Å². The van der Waals surface area contributed by atoms with E-state index in [1.807, 2.05) is 38.1 Å². The molecule has 0 saturated carbocycles. The van der Waals surface area contributed by atoms with E-state index in [9.17, 15) is 9.59 Å². The van der Waals surface area contributed by atoms with Gasteiger partial charge in [-0.1, -0.05) is 72.1 Å². The van der Waals surface area contributed by atoms with Gasteiger partial charge in [0.25, 0.3) is 0 Å². The SMILES string of the molecule is C/C=C1/C=C(c2ccc(CC(C=O)NC(=O)OC(C)(C)C)cc2)[CH2][Al+]/[C]1=C/CC.C=C/C=C\C=C.CC.CC(C)C.COC. The fourth-order valence-corrected chi connectivity index (χ4v) is 5.08. The van der Waals surface area contributed by atoms with Crippen molar-refractivity contribution in [3.63, 3.8) is 0 Å². The summed E-state index contributed by atoms with van der Waals surface area (Å²) < 4.78 is 11.0. The van der Waals surface area contributed by atoms with Crippen molar-refractivity contribution < 1.29 is 19.1 Å². The van der Waals surface area contributed by atoms with E-state index in [1.165, 1.54) is 21.1 Å². The molecule has 0 fully saturated rings. The van der Waals surface area contributed by atoms with Crippen LogP contribution in [-0.4, -0.2) is 53.5 Å². The van der Waals surface area contributed by atoms with E-state index in [1.54, 1.807) is 47.1 Å². The number of methoxy groups -OCH3 is 1. The van der Waals surface area contributed by atoms with Crippen LogP contribution in [0, 0.1) is 5.92 Å². The Kier molecular flexibility index (Phi) is 29.8. The Balaban J connectivity index is -0.000000934. The van der Waals surface area contributed by atoms with Crippen molar-refractivity contribution in [2.75, 3.05) is 14.2 Å². The summed E-state index contributed by atoms with van der Waals surface area (Å²) in [5.41, 5.74) is 4.34. The van der Waals surface area contributed by atoms with Crippen LogP contribution in [0.4, 0.5) is 4.79 Å². The quantitative estimate of drug-likeness (QED) is 0.178. The first-order valence-corrected chi connectivity index (χ1v) is 17.0. The number of benzene rings is 1. The molecule has 1 atom stereocenters. The van der Waals surface area contributed by atoms with Gasteiger partial charge in [-0.05, 0) is 26.7 Å². The minimum absolute atomic E-state index is 0.257. The van der Waals surface area contributed by atoms with Crippen LogP contribution in [0.15, 0.2) is 90.0 Å². The zero-order valence-corrected chi connectivity index (χ0v) is 31.0. The predicted molar refractivity (Wildman–Crippen MR) is 194 cm³/mol. The van der Waals surface area contributed by atoms with Crippen LogP contribution in [0.5, 0.6) is 0 Å². The third kappa shape index (κ3) is 25.6. The molecule has 0 aliphatic carbocycles. The number of ether oxygens (including phenoxy) is 2. The number of hydrogen-bond acceptors (Lipinski definition) is 4. The molecule has 2 rings (SSSR count). The number of carbonyl (C=O) groups is 2. The zero-order chi connectivity index (χ0) is 34.6. The van der Waals surface area contributed by atoms with Crippen molar-refractivity contribution in [3.8, 4) is 0 Å². The second-order valence-electron chi connectivity index (χ2n) is 11.2. The molecule has 0 aromatic heterocycles. The number of alkyl carbamates (subject to hydrolysis) is 1. The Morgan fingerprint density at radius 1 is 1.05 bits per heavy atom. The molecule has 1 unspecified atom stereocenters. The molecule has 1 aliphatic rings. The molecule has 0 bridgehead atoms. The molecular weight excluding hydrogens is 561 g/mol. The van der Waals surface area contributed by atoms with Crippen molar-refractivity contribution in [3.05, 3.63) is 101 Å². The van der Waals surface area contributed by atoms with Gasteiger partial charge in [0.15, 0.2) is 0 Å². The number of carbonyl (C=O) groups excluding carboxylic acids is 2. The molecule has 1 amide bonds. The Hall–Kier alpha value is -2.91. The average Bonchev–Trinajstić information content (AvgIpc) is 2.97. The summed E-state index contributed by atoms with van der Waals surface area (Å²) in [6.45, 7) is 27.1. The maximum absolute atomic E-state index is 11.9. The number of aldehydes is 1. The van der Waals surface area contributed by atoms with E-state index in [0.29, 0.717) is 6.42 Å². The number of nitrogens with one attached hydrogen (secondary N) is 1. The van der Waals surface area contributed by atoms with Gasteiger partial charge >= 0.3 is 160 Å². The van der Waals surface area contributed by atoms with Crippen LogP contribution in [-0.2, 0) is 20.7 Å². The van der Waals surface area contributed by atoms with E-state index < -0.39 is 17.7 Å². The van der Waals surface area contributed by atoms with Crippen molar-refractivity contribution in [2.24, 2.45) is 5.92 Å². The summed E-state index contributed by atoms with van der Waals surface area (Å²) in [6.07, 6.45) is 15.6. The fourth-order valence-electron chi connectivity index (χ4n) is 3.40. The summed E-state index contributed by atoms with van der Waals surface area (Å²) in [5.74, 6) is 0.833. The Morgan fingerprint density at radius 3 is 1.93 bits per heavy atom. The standard InChI is InChI=1S/C24H31NO3.C6H8.C4H10.C2H6O.C2H6.Al/c1-7-9-10-19(8-2)15-18(3)21-13-11-20(12-14-21)16-22(17-26)25-23(27)28-24(4,5)6;1-3-5-6-4-2;1-4(2)3;1-3-2;1-2;/h8-9,11-15,17,22H,3,7,16H2,1-2,4-6H3,(H,25,27);3-6H,1-2H2;4H,1-3H3;1-2H3;1-2H3;/q;;;;;+1/b10-9?,18-15?,19-8+;6-5-;;;;. The summed E-state index contributed by atoms with van der Waals surface area (Å²) in [7, 11) is 3.25. The van der Waals surface area contributed by atoms with Gasteiger partial charge in [0.2, 0.25) is 0 Å². The van der Waals surface area contributed by atoms with Gasteiger partial charge in [0, 0.05) is 14.2 Å². The molecule has 44 heavy (non-hydrogen) atoms. The molecule has 6 heteroatoms. The minimum atomic E-state index is -0.606. The smallest absolute Gasteiger partial charge is 0.0351 e. The molecule has 5 nitrogen and oxygen atoms in total. The molecule has 0 spiro atoms. The first kappa shape index (κ1) is 45.5. The maximum Gasteiger partial charge on any atom is 0.0351 e. The average molecular weight is 623 g/mol. The van der Waals surface area contributed by atoms with Crippen LogP contribution in [0.1, 0.15) is 86.8 Å². The van der Waals surface area contributed by atoms with E-state index in [4.69, 9.17) is 4.74 Å². The van der Waals surface area contributed by atoms with E-state index in [-0.39, 0.29) is 15.2 Å². The van der Waals surface area contributed by atoms with Crippen LogP contribution >= 0.6 is 0 Å². The maximum atomic E-state index is 11.9. The van der Waals surface area contributed by atoms with Gasteiger partial charge in [0.05, 0.1) is 0 Å². The van der Waals surface area contributed by atoms with Gasteiger partial charge in [-0.3, -0.25) is 0 Å². The largest absolute Gasteiger partial charge is 0.388 e. The van der Waals surface area contributed by atoms with Crippen molar-refractivity contribution >= 4 is 33.2 Å². The van der Waals surface area contributed by atoms with Gasteiger partial charge in [-0.15, -0.1) is 0 Å². The molecule has 0 radical (unpaired) electrons. The predicted octanol–water partition coefficient (Wildman–Crippen LogP) is 9.95. The van der Waals surface area contributed by atoms with Crippen LogP contribution in [0.3, 0.4) is 0 Å². The monoisotopic (exact) mass is 622 g/mol. The second-order valence-corrected chi connectivity index (χ2v) is 12.6. The van der Waals surface area contributed by atoms with Crippen LogP contribution in [0.2, 0.25) is 5.28 Å². The van der Waals surface area contributed by atoms with Crippen LogP contribution < -0.4 is 5.32 Å². The van der Waals surface area contributed by atoms with Gasteiger partial charge in [-0.2, -0.15) is 0 Å². The third-order valence-corrected chi connectivity index (χ3v) is 6.62. The van der Waals surface area contributed by atoms with Crippen LogP contribution in [0.25, 0.3) is 5.57 Å². The second kappa shape index (κ2) is 28.8. The first-order valence-electron chi connectivity index (χ1n) is 15.6. The Labute approximate surface area is 277 Å². The Bertz CT molecular complexity index is 1030. The summed E-state index contributed by atoms with van der Waals surface area (Å²) in [5, 5.41) is 3.74. The number of hydrogen-bond donors (Lipinski definition) is 1. The summed E-state index contributed by atoms with van der Waals surface area (Å²) in [6, 6.07) is 7.68. The molecule has 1 N–H and O–H groups in total. The van der Waals surface area contributed by atoms with E-state index in [2.05, 4.69) is 88.2 Å². The molecule has 1 aromatic rings. The van der Waals surface area contributed by atoms with E-state index in [0.717, 1.165) is 29.5 Å². The molecule has 244 valence electrons.